The van der Waals surface area contributed by atoms with Gasteiger partial charge in [-0.1, -0.05) is 54.6 Å². The predicted octanol–water partition coefficient (Wildman–Crippen LogP) is 7.52. The van der Waals surface area contributed by atoms with Crippen LogP contribution >= 0.6 is 0 Å². The highest BCUT2D eigenvalue weighted by molar-refractivity contribution is 5.71. The van der Waals surface area contributed by atoms with Crippen LogP contribution in [0.5, 0.6) is 34.8 Å². The first-order valence-corrected chi connectivity index (χ1v) is 15.8. The third-order valence-corrected chi connectivity index (χ3v) is 7.63. The largest absolute Gasteiger partial charge is 0.497 e. The Morgan fingerprint density at radius 2 is 0.740 bits per heavy atom. The molecule has 0 aliphatic rings. The van der Waals surface area contributed by atoms with Gasteiger partial charge in [0.15, 0.2) is 0 Å². The van der Waals surface area contributed by atoms with Crippen molar-refractivity contribution in [3.8, 4) is 34.8 Å². The number of rotatable bonds is 14. The first-order chi connectivity index (χ1) is 24.3. The van der Waals surface area contributed by atoms with E-state index in [4.69, 9.17) is 28.4 Å². The van der Waals surface area contributed by atoms with Crippen LogP contribution in [0, 0.1) is 0 Å². The molecule has 11 nitrogen and oxygen atoms in total. The Labute approximate surface area is 291 Å². The summed E-state index contributed by atoms with van der Waals surface area (Å²) in [7, 11) is 6.35. The van der Waals surface area contributed by atoms with E-state index in [0.717, 1.165) is 22.3 Å². The van der Waals surface area contributed by atoms with Gasteiger partial charge in [-0.05, 0) is 70.8 Å². The zero-order valence-corrected chi connectivity index (χ0v) is 28.4. The minimum Gasteiger partial charge on any atom is -0.497 e. The maximum Gasteiger partial charge on any atom is 0.417 e. The Hall–Kier alpha value is -6.23. The molecule has 0 spiro atoms. The van der Waals surface area contributed by atoms with Gasteiger partial charge in [-0.25, -0.2) is 9.59 Å². The minimum atomic E-state index is -0.649. The first-order valence-electron chi connectivity index (χ1n) is 15.8. The number of carbonyl (C=O) groups is 2. The zero-order chi connectivity index (χ0) is 35.3. The number of carbonyl (C=O) groups excluding carboxylic acids is 2. The van der Waals surface area contributed by atoms with E-state index >= 15 is 0 Å². The molecule has 1 heterocycles. The first kappa shape index (κ1) is 35.1. The molecule has 0 unspecified atom stereocenters. The summed E-state index contributed by atoms with van der Waals surface area (Å²) < 4.78 is 33.0. The second kappa shape index (κ2) is 17.3. The molecule has 0 atom stereocenters. The van der Waals surface area contributed by atoms with Crippen LogP contribution in [0.25, 0.3) is 0 Å². The van der Waals surface area contributed by atoms with E-state index in [1.54, 1.807) is 34.5 Å². The van der Waals surface area contributed by atoms with Crippen molar-refractivity contribution in [2.24, 2.45) is 0 Å². The minimum absolute atomic E-state index is 0.0336. The fourth-order valence-electron chi connectivity index (χ4n) is 5.15. The SMILES string of the molecule is COc1cccc(CN(Cc2cccc(OC)c2)C(=O)Oc2cccc(OC(=O)N(Cc3cccc(OC)c3)Cc3cccc(OC)c3)n2)c1. The highest BCUT2D eigenvalue weighted by atomic mass is 16.6. The molecular formula is C39H39N3O8. The van der Waals surface area contributed by atoms with E-state index < -0.39 is 12.2 Å². The molecule has 5 rings (SSSR count). The molecule has 50 heavy (non-hydrogen) atoms. The van der Waals surface area contributed by atoms with Crippen LogP contribution in [0.1, 0.15) is 22.3 Å². The van der Waals surface area contributed by atoms with E-state index in [-0.39, 0.29) is 37.9 Å². The Bertz CT molecular complexity index is 1670. The van der Waals surface area contributed by atoms with Crippen molar-refractivity contribution in [3.05, 3.63) is 138 Å². The Morgan fingerprint density at radius 1 is 0.460 bits per heavy atom. The van der Waals surface area contributed by atoms with E-state index in [9.17, 15) is 9.59 Å². The summed E-state index contributed by atoms with van der Waals surface area (Å²) in [5.74, 6) is 2.60. The second-order valence-electron chi connectivity index (χ2n) is 11.2. The standard InChI is InChI=1S/C39H39N3O8/c1-45-32-14-5-10-28(20-32)24-41(25-29-11-6-15-33(21-29)46-2)38(43)49-36-18-9-19-37(40-36)50-39(44)42(26-30-12-7-16-34(22-30)47-3)27-31-13-8-17-35(23-31)48-4/h5-23H,24-27H2,1-4H3. The number of amides is 2. The van der Waals surface area contributed by atoms with Gasteiger partial charge in [0.05, 0.1) is 28.4 Å². The molecule has 0 radical (unpaired) electrons. The van der Waals surface area contributed by atoms with Crippen LogP contribution < -0.4 is 28.4 Å². The topological polar surface area (TPSA) is 109 Å². The lowest BCUT2D eigenvalue weighted by Gasteiger charge is -2.23. The molecule has 1 aromatic heterocycles. The maximum atomic E-state index is 13.6. The van der Waals surface area contributed by atoms with Crippen LogP contribution in [0.15, 0.2) is 115 Å². The highest BCUT2D eigenvalue weighted by Gasteiger charge is 2.21. The summed E-state index contributed by atoms with van der Waals surface area (Å²) in [6.07, 6.45) is -1.30. The molecule has 4 aromatic carbocycles. The lowest BCUT2D eigenvalue weighted by Crippen LogP contribution is -2.33. The molecule has 2 amide bonds. The average molecular weight is 678 g/mol. The second-order valence-corrected chi connectivity index (χ2v) is 11.2. The van der Waals surface area contributed by atoms with Gasteiger partial charge in [-0.2, -0.15) is 4.98 Å². The van der Waals surface area contributed by atoms with Crippen molar-refractivity contribution in [1.29, 1.82) is 0 Å². The van der Waals surface area contributed by atoms with Gasteiger partial charge in [-0.15, -0.1) is 0 Å². The van der Waals surface area contributed by atoms with Crippen molar-refractivity contribution >= 4 is 12.2 Å². The Balaban J connectivity index is 1.34. The van der Waals surface area contributed by atoms with Gasteiger partial charge in [0.25, 0.3) is 0 Å². The summed E-state index contributed by atoms with van der Waals surface area (Å²) in [6.45, 7) is 0.910. The molecule has 11 heteroatoms. The van der Waals surface area contributed by atoms with Crippen LogP contribution in [-0.4, -0.2) is 55.4 Å². The molecule has 5 aromatic rings. The van der Waals surface area contributed by atoms with Crippen molar-refractivity contribution in [1.82, 2.24) is 14.8 Å². The van der Waals surface area contributed by atoms with Crippen LogP contribution in [0.3, 0.4) is 0 Å². The molecule has 0 saturated carbocycles. The van der Waals surface area contributed by atoms with E-state index in [1.165, 1.54) is 21.9 Å². The number of ether oxygens (including phenoxy) is 6. The van der Waals surface area contributed by atoms with Crippen molar-refractivity contribution < 1.29 is 38.0 Å². The van der Waals surface area contributed by atoms with Gasteiger partial charge in [-0.3, -0.25) is 9.80 Å². The third kappa shape index (κ3) is 9.89. The fourth-order valence-corrected chi connectivity index (χ4v) is 5.15. The average Bonchev–Trinajstić information content (AvgIpc) is 3.14. The molecule has 0 aliphatic heterocycles. The van der Waals surface area contributed by atoms with E-state index in [2.05, 4.69) is 4.98 Å². The zero-order valence-electron chi connectivity index (χ0n) is 28.4. The van der Waals surface area contributed by atoms with E-state index in [0.29, 0.717) is 23.0 Å². The fraction of sp³-hybridized carbons (Fsp3) is 0.205. The van der Waals surface area contributed by atoms with Crippen LogP contribution in [0.2, 0.25) is 0 Å². The van der Waals surface area contributed by atoms with Gasteiger partial charge >= 0.3 is 12.2 Å². The third-order valence-electron chi connectivity index (χ3n) is 7.63. The van der Waals surface area contributed by atoms with Gasteiger partial charge in [0.1, 0.15) is 23.0 Å². The summed E-state index contributed by atoms with van der Waals surface area (Å²) in [5.41, 5.74) is 3.36. The van der Waals surface area contributed by atoms with Crippen LogP contribution in [-0.2, 0) is 26.2 Å². The molecule has 0 saturated heterocycles. The number of hydrogen-bond acceptors (Lipinski definition) is 9. The summed E-state index contributed by atoms with van der Waals surface area (Å²) >= 11 is 0. The van der Waals surface area contributed by atoms with Crippen molar-refractivity contribution in [2.45, 2.75) is 26.2 Å². The van der Waals surface area contributed by atoms with Gasteiger partial charge in [0.2, 0.25) is 11.8 Å². The number of hydrogen-bond donors (Lipinski definition) is 0. The lowest BCUT2D eigenvalue weighted by molar-refractivity contribution is 0.140. The van der Waals surface area contributed by atoms with Crippen molar-refractivity contribution in [3.63, 3.8) is 0 Å². The van der Waals surface area contributed by atoms with Crippen molar-refractivity contribution in [2.75, 3.05) is 28.4 Å². The van der Waals surface area contributed by atoms with Gasteiger partial charge < -0.3 is 28.4 Å². The normalized spacial score (nSPS) is 10.5. The summed E-state index contributed by atoms with van der Waals surface area (Å²) in [4.78, 5) is 34.7. The molecule has 0 aliphatic carbocycles. The number of methoxy groups -OCH3 is 4. The van der Waals surface area contributed by atoms with E-state index in [1.807, 2.05) is 97.1 Å². The number of benzene rings is 4. The lowest BCUT2D eigenvalue weighted by atomic mass is 10.1. The highest BCUT2D eigenvalue weighted by Crippen LogP contribution is 2.23. The molecular weight excluding hydrogens is 638 g/mol. The molecule has 258 valence electrons. The maximum absolute atomic E-state index is 13.6. The smallest absolute Gasteiger partial charge is 0.417 e. The number of aromatic nitrogens is 1. The quantitative estimate of drug-likeness (QED) is 0.118. The monoisotopic (exact) mass is 677 g/mol. The molecule has 0 N–H and O–H groups in total. The van der Waals surface area contributed by atoms with Crippen LogP contribution in [0.4, 0.5) is 9.59 Å². The summed E-state index contributed by atoms with van der Waals surface area (Å²) in [6, 6.07) is 34.4. The number of pyridine rings is 1. The molecule has 0 bridgehead atoms. The number of nitrogens with zero attached hydrogens (tertiary/aromatic N) is 3. The Morgan fingerprint density at radius 3 is 1.02 bits per heavy atom. The van der Waals surface area contributed by atoms with Gasteiger partial charge in [0, 0.05) is 38.3 Å². The summed E-state index contributed by atoms with van der Waals surface area (Å²) in [5, 5.41) is 0. The Kier molecular flexibility index (Phi) is 12.1. The molecule has 0 fully saturated rings. The predicted molar refractivity (Wildman–Crippen MR) is 187 cm³/mol.